The van der Waals surface area contributed by atoms with E-state index in [4.69, 9.17) is 0 Å². The Kier molecular flexibility index (Phi) is 5.45. The van der Waals surface area contributed by atoms with E-state index in [0.29, 0.717) is 19.0 Å². The molecule has 0 amide bonds. The molecule has 1 aromatic rings. The average Bonchev–Trinajstić information content (AvgIpc) is 2.39. The Morgan fingerprint density at radius 3 is 2.67 bits per heavy atom. The zero-order chi connectivity index (χ0) is 15.3. The first-order valence-corrected chi connectivity index (χ1v) is 7.38. The van der Waals surface area contributed by atoms with E-state index >= 15 is 0 Å². The third-order valence-corrected chi connectivity index (χ3v) is 3.89. The van der Waals surface area contributed by atoms with Gasteiger partial charge in [0.25, 0.3) is 0 Å². The summed E-state index contributed by atoms with van der Waals surface area (Å²) in [5.41, 5.74) is 2.03. The van der Waals surface area contributed by atoms with E-state index < -0.39 is 12.7 Å². The van der Waals surface area contributed by atoms with Crippen LogP contribution in [0.2, 0.25) is 0 Å². The largest absolute Gasteiger partial charge is 0.401 e. The van der Waals surface area contributed by atoms with Crippen LogP contribution < -0.4 is 5.32 Å². The van der Waals surface area contributed by atoms with Crippen LogP contribution in [0.3, 0.4) is 0 Å². The summed E-state index contributed by atoms with van der Waals surface area (Å²) in [6.07, 6.45) is 0.405. The van der Waals surface area contributed by atoms with E-state index in [9.17, 15) is 13.2 Å². The molecule has 0 spiro atoms. The highest BCUT2D eigenvalue weighted by molar-refractivity contribution is 5.42. The van der Waals surface area contributed by atoms with Gasteiger partial charge in [-0.15, -0.1) is 0 Å². The van der Waals surface area contributed by atoms with Crippen molar-refractivity contribution in [3.8, 4) is 0 Å². The molecular formula is C15H22F3N3. The average molecular weight is 301 g/mol. The lowest BCUT2D eigenvalue weighted by molar-refractivity contribution is -0.148. The van der Waals surface area contributed by atoms with Gasteiger partial charge < -0.3 is 5.32 Å². The van der Waals surface area contributed by atoms with Gasteiger partial charge in [-0.05, 0) is 57.3 Å². The molecule has 1 aromatic heterocycles. The van der Waals surface area contributed by atoms with E-state index in [2.05, 4.69) is 10.3 Å². The van der Waals surface area contributed by atoms with Gasteiger partial charge in [0.1, 0.15) is 0 Å². The molecule has 0 aromatic carbocycles. The van der Waals surface area contributed by atoms with Gasteiger partial charge >= 0.3 is 6.18 Å². The normalized spacial score (nSPS) is 17.9. The van der Waals surface area contributed by atoms with Crippen molar-refractivity contribution < 1.29 is 13.2 Å². The highest BCUT2D eigenvalue weighted by atomic mass is 19.4. The molecule has 0 saturated carbocycles. The molecule has 1 aliphatic rings. The van der Waals surface area contributed by atoms with Gasteiger partial charge in [-0.25, -0.2) is 0 Å². The molecule has 118 valence electrons. The van der Waals surface area contributed by atoms with Gasteiger partial charge in [0, 0.05) is 24.1 Å². The van der Waals surface area contributed by atoms with Crippen LogP contribution in [-0.2, 0) is 0 Å². The molecule has 2 heterocycles. The van der Waals surface area contributed by atoms with Crippen molar-refractivity contribution in [1.82, 2.24) is 9.88 Å². The summed E-state index contributed by atoms with van der Waals surface area (Å²) in [6, 6.07) is 3.92. The Morgan fingerprint density at radius 1 is 1.33 bits per heavy atom. The summed E-state index contributed by atoms with van der Waals surface area (Å²) in [5, 5.41) is 3.35. The van der Waals surface area contributed by atoms with Crippen molar-refractivity contribution in [2.24, 2.45) is 5.92 Å². The molecule has 0 unspecified atom stereocenters. The molecule has 1 saturated heterocycles. The number of aryl methyl sites for hydroxylation is 1. The predicted octanol–water partition coefficient (Wildman–Crippen LogP) is 3.47. The van der Waals surface area contributed by atoms with Crippen molar-refractivity contribution in [1.29, 1.82) is 0 Å². The zero-order valence-corrected chi connectivity index (χ0v) is 12.3. The third kappa shape index (κ3) is 5.91. The molecular weight excluding hydrogens is 279 g/mol. The maximum Gasteiger partial charge on any atom is 0.401 e. The maximum atomic E-state index is 12.3. The van der Waals surface area contributed by atoms with Gasteiger partial charge in [0.2, 0.25) is 0 Å². The van der Waals surface area contributed by atoms with E-state index in [1.165, 1.54) is 4.90 Å². The number of likely N-dealkylation sites (tertiary alicyclic amines) is 1. The summed E-state index contributed by atoms with van der Waals surface area (Å²) in [5.74, 6) is 0.518. The van der Waals surface area contributed by atoms with Crippen LogP contribution in [0, 0.1) is 12.8 Å². The lowest BCUT2D eigenvalue weighted by atomic mass is 9.93. The molecule has 1 N–H and O–H groups in total. The fourth-order valence-electron chi connectivity index (χ4n) is 2.76. The first-order chi connectivity index (χ1) is 9.92. The topological polar surface area (TPSA) is 28.2 Å². The number of pyridine rings is 1. The Hall–Kier alpha value is -1.30. The summed E-state index contributed by atoms with van der Waals surface area (Å²) < 4.78 is 36.9. The minimum Gasteiger partial charge on any atom is -0.385 e. The predicted molar refractivity (Wildman–Crippen MR) is 77.3 cm³/mol. The summed E-state index contributed by atoms with van der Waals surface area (Å²) in [6.45, 7) is 3.14. The van der Waals surface area contributed by atoms with Crippen LogP contribution in [0.5, 0.6) is 0 Å². The van der Waals surface area contributed by atoms with E-state index in [1.807, 2.05) is 19.1 Å². The zero-order valence-electron chi connectivity index (χ0n) is 12.3. The first kappa shape index (κ1) is 16.1. The fraction of sp³-hybridized carbons (Fsp3) is 0.667. The number of anilines is 1. The second kappa shape index (κ2) is 7.11. The number of rotatable bonds is 5. The van der Waals surface area contributed by atoms with Crippen LogP contribution in [0.15, 0.2) is 18.3 Å². The van der Waals surface area contributed by atoms with Crippen LogP contribution in [0.25, 0.3) is 0 Å². The molecule has 0 radical (unpaired) electrons. The number of nitrogens with zero attached hydrogens (tertiary/aromatic N) is 2. The van der Waals surface area contributed by atoms with Crippen molar-refractivity contribution >= 4 is 5.69 Å². The SMILES string of the molecule is Cc1cc(NCCC2CCN(CC(F)(F)F)CC2)ccn1. The molecule has 0 bridgehead atoms. The molecule has 1 fully saturated rings. The lowest BCUT2D eigenvalue weighted by Gasteiger charge is -2.32. The summed E-state index contributed by atoms with van der Waals surface area (Å²) >= 11 is 0. The number of alkyl halides is 3. The number of hydrogen-bond acceptors (Lipinski definition) is 3. The number of nitrogens with one attached hydrogen (secondary N) is 1. The third-order valence-electron chi connectivity index (χ3n) is 3.89. The maximum absolute atomic E-state index is 12.3. The van der Waals surface area contributed by atoms with Crippen LogP contribution in [-0.4, -0.2) is 42.2 Å². The fourth-order valence-corrected chi connectivity index (χ4v) is 2.76. The van der Waals surface area contributed by atoms with Crippen molar-refractivity contribution in [2.45, 2.75) is 32.4 Å². The molecule has 2 rings (SSSR count). The van der Waals surface area contributed by atoms with Gasteiger partial charge in [-0.2, -0.15) is 13.2 Å². The summed E-state index contributed by atoms with van der Waals surface area (Å²) in [4.78, 5) is 5.65. The molecule has 0 atom stereocenters. The quantitative estimate of drug-likeness (QED) is 0.902. The standard InChI is InChI=1S/C15H22F3N3/c1-12-10-14(3-7-19-12)20-6-2-13-4-8-21(9-5-13)11-15(16,17)18/h3,7,10,13H,2,4-6,8-9,11H2,1H3,(H,19,20). The molecule has 21 heavy (non-hydrogen) atoms. The lowest BCUT2D eigenvalue weighted by Crippen LogP contribution is -2.40. The van der Waals surface area contributed by atoms with Gasteiger partial charge in [-0.3, -0.25) is 9.88 Å². The molecule has 3 nitrogen and oxygen atoms in total. The molecule has 0 aliphatic carbocycles. The van der Waals surface area contributed by atoms with Crippen LogP contribution in [0.1, 0.15) is 25.0 Å². The van der Waals surface area contributed by atoms with E-state index in [1.54, 1.807) is 6.20 Å². The number of piperidine rings is 1. The van der Waals surface area contributed by atoms with Crippen LogP contribution in [0.4, 0.5) is 18.9 Å². The smallest absolute Gasteiger partial charge is 0.385 e. The first-order valence-electron chi connectivity index (χ1n) is 7.38. The minimum absolute atomic E-state index is 0.518. The monoisotopic (exact) mass is 301 g/mol. The summed E-state index contributed by atoms with van der Waals surface area (Å²) in [7, 11) is 0. The van der Waals surface area contributed by atoms with Crippen molar-refractivity contribution in [3.63, 3.8) is 0 Å². The second-order valence-electron chi connectivity index (χ2n) is 5.74. The van der Waals surface area contributed by atoms with Gasteiger partial charge in [-0.1, -0.05) is 0 Å². The van der Waals surface area contributed by atoms with Gasteiger partial charge in [0.05, 0.1) is 6.54 Å². The van der Waals surface area contributed by atoms with Crippen molar-refractivity contribution in [2.75, 3.05) is 31.5 Å². The highest BCUT2D eigenvalue weighted by Crippen LogP contribution is 2.24. The number of aromatic nitrogens is 1. The van der Waals surface area contributed by atoms with E-state index in [-0.39, 0.29) is 0 Å². The molecule has 1 aliphatic heterocycles. The Labute approximate surface area is 123 Å². The highest BCUT2D eigenvalue weighted by Gasteiger charge is 2.32. The van der Waals surface area contributed by atoms with Crippen LogP contribution >= 0.6 is 0 Å². The Balaban J connectivity index is 1.65. The van der Waals surface area contributed by atoms with Crippen molar-refractivity contribution in [3.05, 3.63) is 24.0 Å². The number of hydrogen-bond donors (Lipinski definition) is 1. The van der Waals surface area contributed by atoms with Gasteiger partial charge in [0.15, 0.2) is 0 Å². The number of halogens is 3. The Bertz CT molecular complexity index is 440. The Morgan fingerprint density at radius 2 is 2.05 bits per heavy atom. The van der Waals surface area contributed by atoms with E-state index in [0.717, 1.165) is 37.2 Å². The molecule has 6 heteroatoms. The minimum atomic E-state index is -4.08. The second-order valence-corrected chi connectivity index (χ2v) is 5.74.